The van der Waals surface area contributed by atoms with Crippen LogP contribution in [0.5, 0.6) is 5.75 Å². The Morgan fingerprint density at radius 2 is 2.00 bits per heavy atom. The van der Waals surface area contributed by atoms with Crippen molar-refractivity contribution in [3.63, 3.8) is 0 Å². The van der Waals surface area contributed by atoms with Crippen LogP contribution in [0.3, 0.4) is 0 Å². The Morgan fingerprint density at radius 3 is 2.47 bits per heavy atom. The molecule has 1 heterocycles. The number of aromatic nitrogens is 1. The number of halogens is 5. The maximum Gasteiger partial charge on any atom is 0.573 e. The Kier molecular flexibility index (Phi) is 4.40. The minimum absolute atomic E-state index is 0.121. The van der Waals surface area contributed by atoms with E-state index in [4.69, 9.17) is 5.73 Å². The molecule has 1 aromatic heterocycles. The minimum atomic E-state index is -4.71. The van der Waals surface area contributed by atoms with Crippen LogP contribution in [0.15, 0.2) is 6.20 Å². The van der Waals surface area contributed by atoms with Gasteiger partial charge in [0.1, 0.15) is 3.70 Å². The SMILES string of the molecule is NCc1cnc(I)c(OC(F)(F)F)c1I. The third-order valence-electron chi connectivity index (χ3n) is 1.44. The van der Waals surface area contributed by atoms with Crippen molar-refractivity contribution < 1.29 is 17.9 Å². The molecule has 2 N–H and O–H groups in total. The van der Waals surface area contributed by atoms with Crippen LogP contribution in [-0.2, 0) is 6.54 Å². The molecule has 0 saturated carbocycles. The molecule has 0 atom stereocenters. The van der Waals surface area contributed by atoms with Gasteiger partial charge in [-0.05, 0) is 45.2 Å². The van der Waals surface area contributed by atoms with Gasteiger partial charge in [0.15, 0.2) is 5.75 Å². The summed E-state index contributed by atoms with van der Waals surface area (Å²) in [6.07, 6.45) is -3.28. The van der Waals surface area contributed by atoms with E-state index in [0.717, 1.165) is 0 Å². The van der Waals surface area contributed by atoms with Crippen LogP contribution in [0.25, 0.3) is 0 Å². The summed E-state index contributed by atoms with van der Waals surface area (Å²) in [5, 5.41) is 0. The van der Waals surface area contributed by atoms with Gasteiger partial charge in [-0.25, -0.2) is 4.98 Å². The summed E-state index contributed by atoms with van der Waals surface area (Å²) in [7, 11) is 0. The van der Waals surface area contributed by atoms with Crippen LogP contribution in [0.4, 0.5) is 13.2 Å². The fourth-order valence-corrected chi connectivity index (χ4v) is 2.59. The number of rotatable bonds is 2. The topological polar surface area (TPSA) is 48.1 Å². The van der Waals surface area contributed by atoms with E-state index in [1.54, 1.807) is 45.2 Å². The number of pyridine rings is 1. The van der Waals surface area contributed by atoms with E-state index >= 15 is 0 Å². The predicted molar refractivity (Wildman–Crippen MR) is 64.2 cm³/mol. The molecule has 3 nitrogen and oxygen atoms in total. The largest absolute Gasteiger partial charge is 0.573 e. The molecule has 0 fully saturated rings. The molecule has 84 valence electrons. The quantitative estimate of drug-likeness (QED) is 0.564. The Balaban J connectivity index is 3.15. The first-order valence-corrected chi connectivity index (χ1v) is 5.79. The summed E-state index contributed by atoms with van der Waals surface area (Å²) >= 11 is 3.43. The average Bonchev–Trinajstić information content (AvgIpc) is 2.11. The van der Waals surface area contributed by atoms with Crippen molar-refractivity contribution in [3.05, 3.63) is 19.0 Å². The summed E-state index contributed by atoms with van der Waals surface area (Å²) in [6, 6.07) is 0. The lowest BCUT2D eigenvalue weighted by molar-refractivity contribution is -0.275. The van der Waals surface area contributed by atoms with Crippen molar-refractivity contribution in [1.29, 1.82) is 0 Å². The highest BCUT2D eigenvalue weighted by molar-refractivity contribution is 14.1. The second kappa shape index (κ2) is 4.99. The van der Waals surface area contributed by atoms with Crippen LogP contribution >= 0.6 is 45.2 Å². The van der Waals surface area contributed by atoms with Crippen molar-refractivity contribution in [1.82, 2.24) is 4.98 Å². The molecule has 0 spiro atoms. The van der Waals surface area contributed by atoms with E-state index in [9.17, 15) is 13.2 Å². The van der Waals surface area contributed by atoms with E-state index in [1.165, 1.54) is 6.20 Å². The zero-order valence-corrected chi connectivity index (χ0v) is 11.4. The van der Waals surface area contributed by atoms with Gasteiger partial charge >= 0.3 is 6.36 Å². The van der Waals surface area contributed by atoms with Gasteiger partial charge in [-0.1, -0.05) is 0 Å². The zero-order valence-electron chi connectivity index (χ0n) is 7.11. The van der Waals surface area contributed by atoms with Gasteiger partial charge in [-0.2, -0.15) is 0 Å². The average molecular weight is 444 g/mol. The smallest absolute Gasteiger partial charge is 0.402 e. The van der Waals surface area contributed by atoms with Gasteiger partial charge in [-0.15, -0.1) is 13.2 Å². The molecule has 15 heavy (non-hydrogen) atoms. The maximum absolute atomic E-state index is 12.0. The van der Waals surface area contributed by atoms with Crippen molar-refractivity contribution >= 4 is 45.2 Å². The lowest BCUT2D eigenvalue weighted by atomic mass is 10.3. The van der Waals surface area contributed by atoms with E-state index in [2.05, 4.69) is 9.72 Å². The molecular weight excluding hydrogens is 439 g/mol. The Hall–Kier alpha value is 0.160. The van der Waals surface area contributed by atoms with Crippen LogP contribution in [0.1, 0.15) is 5.56 Å². The molecule has 0 aliphatic heterocycles. The number of alkyl halides is 3. The summed E-state index contributed by atoms with van der Waals surface area (Å²) in [5.74, 6) is -0.286. The molecular formula is C7H5F3I2N2O. The highest BCUT2D eigenvalue weighted by Crippen LogP contribution is 2.32. The fraction of sp³-hybridized carbons (Fsp3) is 0.286. The first-order valence-electron chi connectivity index (χ1n) is 3.64. The first-order chi connectivity index (χ1) is 6.85. The van der Waals surface area contributed by atoms with Crippen LogP contribution in [-0.4, -0.2) is 11.3 Å². The molecule has 0 unspecified atom stereocenters. The summed E-state index contributed by atoms with van der Waals surface area (Å²) in [6.45, 7) is 0.121. The third kappa shape index (κ3) is 3.59. The molecule has 0 aromatic carbocycles. The Bertz CT molecular complexity index is 370. The number of hydrogen-bond donors (Lipinski definition) is 1. The zero-order chi connectivity index (χ0) is 11.6. The maximum atomic E-state index is 12.0. The molecule has 1 rings (SSSR count). The molecule has 0 aliphatic rings. The monoisotopic (exact) mass is 444 g/mol. The highest BCUT2D eigenvalue weighted by atomic mass is 127. The molecule has 0 aliphatic carbocycles. The molecule has 1 aromatic rings. The fourth-order valence-electron chi connectivity index (χ4n) is 0.831. The van der Waals surface area contributed by atoms with Gasteiger partial charge in [0.05, 0.1) is 3.57 Å². The third-order valence-corrected chi connectivity index (χ3v) is 3.39. The summed E-state index contributed by atoms with van der Waals surface area (Å²) in [5.41, 5.74) is 5.87. The Morgan fingerprint density at radius 1 is 1.40 bits per heavy atom. The van der Waals surface area contributed by atoms with Crippen molar-refractivity contribution in [2.45, 2.75) is 12.9 Å². The van der Waals surface area contributed by atoms with E-state index in [-0.39, 0.29) is 16.0 Å². The van der Waals surface area contributed by atoms with Gasteiger partial charge in [0.25, 0.3) is 0 Å². The van der Waals surface area contributed by atoms with Crippen molar-refractivity contribution in [2.24, 2.45) is 5.73 Å². The summed E-state index contributed by atoms with van der Waals surface area (Å²) < 4.78 is 40.5. The number of nitrogens with two attached hydrogens (primary N) is 1. The van der Waals surface area contributed by atoms with Crippen LogP contribution < -0.4 is 10.5 Å². The number of ether oxygens (including phenoxy) is 1. The van der Waals surface area contributed by atoms with Crippen molar-refractivity contribution in [2.75, 3.05) is 0 Å². The Labute approximate surface area is 111 Å². The van der Waals surface area contributed by atoms with Crippen LogP contribution in [0.2, 0.25) is 0 Å². The van der Waals surface area contributed by atoms with Gasteiger partial charge in [-0.3, -0.25) is 0 Å². The van der Waals surface area contributed by atoms with Crippen molar-refractivity contribution in [3.8, 4) is 5.75 Å². The lowest BCUT2D eigenvalue weighted by Gasteiger charge is -2.13. The standard InChI is InChI=1S/C7H5F3I2N2O/c8-7(9,10)15-5-4(11)3(1-13)2-14-6(5)12/h2H,1,13H2. The second-order valence-corrected chi connectivity index (χ2v) is 4.57. The van der Waals surface area contributed by atoms with Gasteiger partial charge in [0, 0.05) is 18.3 Å². The minimum Gasteiger partial charge on any atom is -0.402 e. The molecule has 0 saturated heterocycles. The van der Waals surface area contributed by atoms with E-state index < -0.39 is 6.36 Å². The molecule has 0 radical (unpaired) electrons. The first kappa shape index (κ1) is 13.2. The molecule has 8 heteroatoms. The van der Waals surface area contributed by atoms with Gasteiger partial charge < -0.3 is 10.5 Å². The summed E-state index contributed by atoms with van der Waals surface area (Å²) in [4.78, 5) is 3.77. The molecule has 0 amide bonds. The number of hydrogen-bond acceptors (Lipinski definition) is 3. The second-order valence-electron chi connectivity index (χ2n) is 2.47. The molecule has 0 bridgehead atoms. The number of nitrogens with zero attached hydrogens (tertiary/aromatic N) is 1. The predicted octanol–water partition coefficient (Wildman–Crippen LogP) is 2.65. The lowest BCUT2D eigenvalue weighted by Crippen LogP contribution is -2.19. The van der Waals surface area contributed by atoms with Crippen LogP contribution in [0, 0.1) is 7.27 Å². The highest BCUT2D eigenvalue weighted by Gasteiger charge is 2.33. The van der Waals surface area contributed by atoms with Gasteiger partial charge in [0.2, 0.25) is 0 Å². The van der Waals surface area contributed by atoms with E-state index in [0.29, 0.717) is 9.13 Å². The van der Waals surface area contributed by atoms with E-state index in [1.807, 2.05) is 0 Å². The normalized spacial score (nSPS) is 11.6.